The molecule has 1 amide bonds. The van der Waals surface area contributed by atoms with Gasteiger partial charge in [0.15, 0.2) is 0 Å². The Morgan fingerprint density at radius 1 is 1.23 bits per heavy atom. The summed E-state index contributed by atoms with van der Waals surface area (Å²) >= 11 is 0. The Morgan fingerprint density at radius 2 is 2.04 bits per heavy atom. The second kappa shape index (κ2) is 7.52. The van der Waals surface area contributed by atoms with Gasteiger partial charge in [0, 0.05) is 20.5 Å². The highest BCUT2D eigenvalue weighted by molar-refractivity contribution is 5.81. The Morgan fingerprint density at radius 3 is 2.81 bits per heavy atom. The Kier molecular flexibility index (Phi) is 5.16. The van der Waals surface area contributed by atoms with Crippen LogP contribution in [-0.2, 0) is 4.79 Å². The van der Waals surface area contributed by atoms with Crippen LogP contribution in [0.2, 0.25) is 0 Å². The van der Waals surface area contributed by atoms with Gasteiger partial charge < -0.3 is 9.64 Å². The number of rotatable bonds is 4. The van der Waals surface area contributed by atoms with E-state index in [9.17, 15) is 4.79 Å². The molecular weight excluding hydrogens is 326 g/mol. The van der Waals surface area contributed by atoms with Crippen LogP contribution in [-0.4, -0.2) is 34.9 Å². The predicted molar refractivity (Wildman–Crippen MR) is 103 cm³/mol. The van der Waals surface area contributed by atoms with Crippen LogP contribution in [0.3, 0.4) is 0 Å². The number of fused-ring (bicyclic) bond motifs is 1. The predicted octanol–water partition coefficient (Wildman–Crippen LogP) is 3.81. The van der Waals surface area contributed by atoms with Crippen LogP contribution in [0.4, 0.5) is 0 Å². The van der Waals surface area contributed by atoms with E-state index in [0.717, 1.165) is 27.9 Å². The summed E-state index contributed by atoms with van der Waals surface area (Å²) in [6.07, 6.45) is 10.1. The highest BCUT2D eigenvalue weighted by Crippen LogP contribution is 2.22. The van der Waals surface area contributed by atoms with Crippen LogP contribution in [0.5, 0.6) is 5.88 Å². The maximum absolute atomic E-state index is 12.2. The minimum atomic E-state index is -0.194. The van der Waals surface area contributed by atoms with Crippen LogP contribution in [0.25, 0.3) is 11.0 Å². The van der Waals surface area contributed by atoms with Gasteiger partial charge in [0.25, 0.3) is 0 Å². The molecule has 0 N–H and O–H groups in total. The average molecular weight is 349 g/mol. The summed E-state index contributed by atoms with van der Waals surface area (Å²) in [5.41, 5.74) is 3.77. The standard InChI is InChI=1S/C21H23N3O2/c1-14-8-11-18-19(12-14)22-13-20(23-18)26-17-7-5-6-16(9-10-17)15(2)21(25)24(3)4/h5-6,8-13,15H,7H2,1-4H3. The number of nitrogens with zero attached hydrogens (tertiary/aromatic N) is 3. The summed E-state index contributed by atoms with van der Waals surface area (Å²) in [4.78, 5) is 22.7. The molecule has 5 nitrogen and oxygen atoms in total. The molecule has 0 radical (unpaired) electrons. The Bertz CT molecular complexity index is 926. The third kappa shape index (κ3) is 3.99. The topological polar surface area (TPSA) is 55.3 Å². The van der Waals surface area contributed by atoms with E-state index in [2.05, 4.69) is 9.97 Å². The molecule has 5 heteroatoms. The third-order valence-electron chi connectivity index (χ3n) is 4.31. The third-order valence-corrected chi connectivity index (χ3v) is 4.31. The smallest absolute Gasteiger partial charge is 0.238 e. The van der Waals surface area contributed by atoms with Crippen molar-refractivity contribution in [1.82, 2.24) is 14.9 Å². The van der Waals surface area contributed by atoms with Crippen molar-refractivity contribution in [3.8, 4) is 5.88 Å². The molecule has 26 heavy (non-hydrogen) atoms. The van der Waals surface area contributed by atoms with Gasteiger partial charge in [-0.25, -0.2) is 9.97 Å². The van der Waals surface area contributed by atoms with Gasteiger partial charge in [-0.1, -0.05) is 24.3 Å². The lowest BCUT2D eigenvalue weighted by atomic mass is 9.99. The Hall–Kier alpha value is -2.95. The van der Waals surface area contributed by atoms with E-state index < -0.39 is 0 Å². The molecule has 1 unspecified atom stereocenters. The summed E-state index contributed by atoms with van der Waals surface area (Å²) in [7, 11) is 3.54. The first kappa shape index (κ1) is 17.9. The van der Waals surface area contributed by atoms with E-state index in [1.165, 1.54) is 0 Å². The van der Waals surface area contributed by atoms with Gasteiger partial charge in [-0.3, -0.25) is 4.79 Å². The van der Waals surface area contributed by atoms with E-state index >= 15 is 0 Å². The lowest BCUT2D eigenvalue weighted by molar-refractivity contribution is -0.131. The first-order valence-corrected chi connectivity index (χ1v) is 8.64. The highest BCUT2D eigenvalue weighted by atomic mass is 16.5. The second-order valence-corrected chi connectivity index (χ2v) is 6.66. The fourth-order valence-electron chi connectivity index (χ4n) is 2.81. The lowest BCUT2D eigenvalue weighted by Gasteiger charge is -2.17. The maximum Gasteiger partial charge on any atom is 0.238 e. The minimum Gasteiger partial charge on any atom is -0.442 e. The number of aryl methyl sites for hydroxylation is 1. The Balaban J connectivity index is 1.79. The van der Waals surface area contributed by atoms with Gasteiger partial charge in [0.05, 0.1) is 23.1 Å². The maximum atomic E-state index is 12.2. The Labute approximate surface area is 153 Å². The number of aromatic nitrogens is 2. The molecule has 0 bridgehead atoms. The summed E-state index contributed by atoms with van der Waals surface area (Å²) in [6.45, 7) is 3.94. The summed E-state index contributed by atoms with van der Waals surface area (Å²) in [6, 6.07) is 5.95. The van der Waals surface area contributed by atoms with Crippen molar-refractivity contribution in [2.24, 2.45) is 5.92 Å². The van der Waals surface area contributed by atoms with E-state index in [0.29, 0.717) is 12.3 Å². The molecule has 1 heterocycles. The molecular formula is C21H23N3O2. The molecule has 0 aliphatic heterocycles. The van der Waals surface area contributed by atoms with Gasteiger partial charge in [-0.2, -0.15) is 0 Å². The molecule has 1 atom stereocenters. The molecule has 0 saturated heterocycles. The van der Waals surface area contributed by atoms with Crippen molar-refractivity contribution in [2.75, 3.05) is 14.1 Å². The summed E-state index contributed by atoms with van der Waals surface area (Å²) in [5, 5.41) is 0. The van der Waals surface area contributed by atoms with Crippen molar-refractivity contribution in [3.05, 3.63) is 65.6 Å². The zero-order chi connectivity index (χ0) is 18.7. The van der Waals surface area contributed by atoms with Crippen LogP contribution >= 0.6 is 0 Å². The molecule has 0 saturated carbocycles. The fourth-order valence-corrected chi connectivity index (χ4v) is 2.81. The van der Waals surface area contributed by atoms with Crippen LogP contribution < -0.4 is 4.74 Å². The van der Waals surface area contributed by atoms with Crippen LogP contribution in [0.1, 0.15) is 18.9 Å². The normalized spacial score (nSPS) is 15.1. The number of ether oxygens (including phenoxy) is 1. The molecule has 1 aromatic heterocycles. The van der Waals surface area contributed by atoms with Crippen molar-refractivity contribution < 1.29 is 9.53 Å². The summed E-state index contributed by atoms with van der Waals surface area (Å²) < 4.78 is 5.91. The highest BCUT2D eigenvalue weighted by Gasteiger charge is 2.18. The number of allylic oxidation sites excluding steroid dienone is 4. The molecule has 134 valence electrons. The quantitative estimate of drug-likeness (QED) is 0.842. The van der Waals surface area contributed by atoms with Gasteiger partial charge in [0.2, 0.25) is 11.8 Å². The van der Waals surface area contributed by atoms with Crippen LogP contribution in [0, 0.1) is 12.8 Å². The lowest BCUT2D eigenvalue weighted by Crippen LogP contribution is -2.28. The molecule has 1 aromatic carbocycles. The largest absolute Gasteiger partial charge is 0.442 e. The van der Waals surface area contributed by atoms with Gasteiger partial charge >= 0.3 is 0 Å². The van der Waals surface area contributed by atoms with Crippen molar-refractivity contribution in [2.45, 2.75) is 20.3 Å². The fraction of sp³-hybridized carbons (Fsp3) is 0.286. The first-order chi connectivity index (χ1) is 12.4. The number of hydrogen-bond donors (Lipinski definition) is 0. The van der Waals surface area contributed by atoms with E-state index in [1.54, 1.807) is 25.2 Å². The molecule has 2 aromatic rings. The van der Waals surface area contributed by atoms with Gasteiger partial charge in [-0.15, -0.1) is 0 Å². The molecule has 0 spiro atoms. The number of carbonyl (C=O) groups is 1. The average Bonchev–Trinajstić information content (AvgIpc) is 2.86. The first-order valence-electron chi connectivity index (χ1n) is 8.64. The zero-order valence-corrected chi connectivity index (χ0v) is 15.6. The SMILES string of the molecule is Cc1ccc2nc(OC3=CC=C(C(C)C(=O)N(C)C)C=CC3)cnc2c1. The second-order valence-electron chi connectivity index (χ2n) is 6.66. The van der Waals surface area contributed by atoms with E-state index in [-0.39, 0.29) is 11.8 Å². The number of hydrogen-bond acceptors (Lipinski definition) is 4. The van der Waals surface area contributed by atoms with Crippen LogP contribution in [0.15, 0.2) is 60.0 Å². The van der Waals surface area contributed by atoms with Gasteiger partial charge in [0.1, 0.15) is 5.76 Å². The van der Waals surface area contributed by atoms with Crippen molar-refractivity contribution in [3.63, 3.8) is 0 Å². The van der Waals surface area contributed by atoms with E-state index in [4.69, 9.17) is 4.74 Å². The number of amides is 1. The molecule has 3 rings (SSSR count). The monoisotopic (exact) mass is 349 g/mol. The summed E-state index contributed by atoms with van der Waals surface area (Å²) in [5.74, 6) is 1.12. The molecule has 1 aliphatic carbocycles. The van der Waals surface area contributed by atoms with Gasteiger partial charge in [-0.05, 0) is 43.2 Å². The van der Waals surface area contributed by atoms with Crippen molar-refractivity contribution >= 4 is 16.9 Å². The van der Waals surface area contributed by atoms with Crippen molar-refractivity contribution in [1.29, 1.82) is 0 Å². The molecule has 0 fully saturated rings. The van der Waals surface area contributed by atoms with E-state index in [1.807, 2.05) is 56.4 Å². The number of carbonyl (C=O) groups excluding carboxylic acids is 1. The molecule has 1 aliphatic rings. The minimum absolute atomic E-state index is 0.0781. The number of benzene rings is 1. The zero-order valence-electron chi connectivity index (χ0n) is 15.6.